The van der Waals surface area contributed by atoms with Crippen molar-refractivity contribution in [1.82, 2.24) is 5.32 Å². The lowest BCUT2D eigenvalue weighted by atomic mass is 9.64. The summed E-state index contributed by atoms with van der Waals surface area (Å²) in [7, 11) is 0. The Bertz CT molecular complexity index is 337. The summed E-state index contributed by atoms with van der Waals surface area (Å²) in [5.41, 5.74) is -0.244. The second kappa shape index (κ2) is 4.00. The first-order chi connectivity index (χ1) is 7.78. The van der Waals surface area contributed by atoms with Gasteiger partial charge >= 0.3 is 6.09 Å². The van der Waals surface area contributed by atoms with E-state index in [0.717, 1.165) is 25.7 Å². The van der Waals surface area contributed by atoms with E-state index in [2.05, 4.69) is 5.32 Å². The van der Waals surface area contributed by atoms with Crippen molar-refractivity contribution in [3.8, 4) is 0 Å². The number of carbonyl (C=O) groups excluding carboxylic acids is 2. The Hall–Kier alpha value is -1.06. The minimum absolute atomic E-state index is 0.191. The number of hydrogen-bond acceptors (Lipinski definition) is 3. The summed E-state index contributed by atoms with van der Waals surface area (Å²) < 4.78 is 5.20. The van der Waals surface area contributed by atoms with Crippen molar-refractivity contribution >= 4 is 11.9 Å². The fourth-order valence-electron chi connectivity index (χ4n) is 2.91. The molecule has 2 fully saturated rings. The van der Waals surface area contributed by atoms with E-state index in [1.54, 1.807) is 0 Å². The molecule has 0 aromatic heterocycles. The van der Waals surface area contributed by atoms with Crippen LogP contribution in [0.4, 0.5) is 4.79 Å². The number of carbonyl (C=O) groups is 2. The van der Waals surface area contributed by atoms with E-state index >= 15 is 0 Å². The molecule has 0 aliphatic heterocycles. The van der Waals surface area contributed by atoms with Crippen LogP contribution in [-0.2, 0) is 9.53 Å². The summed E-state index contributed by atoms with van der Waals surface area (Å²) in [4.78, 5) is 22.8. The molecular formula is C13H21NO3. The van der Waals surface area contributed by atoms with Gasteiger partial charge in [-0.25, -0.2) is 4.79 Å². The van der Waals surface area contributed by atoms with Crippen LogP contribution >= 0.6 is 0 Å². The van der Waals surface area contributed by atoms with Gasteiger partial charge in [0.2, 0.25) is 0 Å². The van der Waals surface area contributed by atoms with Gasteiger partial charge in [0.25, 0.3) is 0 Å². The van der Waals surface area contributed by atoms with Gasteiger partial charge in [-0.05, 0) is 45.4 Å². The fourth-order valence-corrected chi connectivity index (χ4v) is 2.91. The zero-order valence-corrected chi connectivity index (χ0v) is 10.8. The SMILES string of the molecule is CC(C)(C)OC(=O)NC1CC2(CCC(=O)C2)C1. The Labute approximate surface area is 102 Å². The molecule has 0 aromatic rings. The van der Waals surface area contributed by atoms with Gasteiger partial charge < -0.3 is 10.1 Å². The van der Waals surface area contributed by atoms with E-state index in [4.69, 9.17) is 4.74 Å². The molecule has 0 heterocycles. The molecule has 1 amide bonds. The Morgan fingerprint density at radius 2 is 2.06 bits per heavy atom. The Balaban J connectivity index is 1.74. The van der Waals surface area contributed by atoms with Crippen LogP contribution in [0.3, 0.4) is 0 Å². The maximum atomic E-state index is 11.5. The van der Waals surface area contributed by atoms with Gasteiger partial charge in [-0.2, -0.15) is 0 Å². The second-order valence-corrected chi connectivity index (χ2v) is 6.47. The lowest BCUT2D eigenvalue weighted by Crippen LogP contribution is -2.50. The molecule has 2 aliphatic carbocycles. The molecule has 0 aromatic carbocycles. The largest absolute Gasteiger partial charge is 0.444 e. The van der Waals surface area contributed by atoms with E-state index < -0.39 is 5.60 Å². The van der Waals surface area contributed by atoms with Crippen molar-refractivity contribution < 1.29 is 14.3 Å². The van der Waals surface area contributed by atoms with E-state index in [9.17, 15) is 9.59 Å². The zero-order valence-electron chi connectivity index (χ0n) is 10.8. The van der Waals surface area contributed by atoms with Gasteiger partial charge in [0.1, 0.15) is 11.4 Å². The smallest absolute Gasteiger partial charge is 0.407 e. The molecule has 0 radical (unpaired) electrons. The first-order valence-corrected chi connectivity index (χ1v) is 6.29. The van der Waals surface area contributed by atoms with Crippen molar-refractivity contribution in [2.24, 2.45) is 5.41 Å². The highest BCUT2D eigenvalue weighted by atomic mass is 16.6. The molecule has 2 aliphatic rings. The minimum atomic E-state index is -0.450. The van der Waals surface area contributed by atoms with Crippen LogP contribution in [0, 0.1) is 5.41 Å². The molecule has 1 spiro atoms. The highest BCUT2D eigenvalue weighted by molar-refractivity contribution is 5.81. The molecule has 2 rings (SSSR count). The van der Waals surface area contributed by atoms with E-state index in [0.29, 0.717) is 12.2 Å². The van der Waals surface area contributed by atoms with Crippen LogP contribution in [-0.4, -0.2) is 23.5 Å². The first-order valence-electron chi connectivity index (χ1n) is 6.29. The summed E-state index contributed by atoms with van der Waals surface area (Å²) in [6.07, 6.45) is 3.94. The van der Waals surface area contributed by atoms with E-state index in [1.807, 2.05) is 20.8 Å². The highest BCUT2D eigenvalue weighted by Gasteiger charge is 2.49. The number of amides is 1. The number of Topliss-reactive ketones (excluding diaryl/α,β-unsaturated/α-hetero) is 1. The van der Waals surface area contributed by atoms with Gasteiger partial charge in [0, 0.05) is 18.9 Å². The third-order valence-electron chi connectivity index (χ3n) is 3.59. The van der Waals surface area contributed by atoms with Crippen LogP contribution in [0.1, 0.15) is 52.9 Å². The number of alkyl carbamates (subject to hydrolysis) is 1. The first kappa shape index (κ1) is 12.4. The lowest BCUT2D eigenvalue weighted by Gasteiger charge is -2.45. The normalized spacial score (nSPS) is 32.4. The molecule has 0 atom stereocenters. The zero-order chi connectivity index (χ0) is 12.7. The maximum Gasteiger partial charge on any atom is 0.407 e. The molecule has 0 bridgehead atoms. The van der Waals surface area contributed by atoms with E-state index in [-0.39, 0.29) is 17.6 Å². The van der Waals surface area contributed by atoms with Crippen LogP contribution < -0.4 is 5.32 Å². The number of rotatable bonds is 1. The Morgan fingerprint density at radius 3 is 2.53 bits per heavy atom. The van der Waals surface area contributed by atoms with Gasteiger partial charge in [-0.15, -0.1) is 0 Å². The minimum Gasteiger partial charge on any atom is -0.444 e. The molecule has 4 nitrogen and oxygen atoms in total. The molecular weight excluding hydrogens is 218 g/mol. The molecule has 17 heavy (non-hydrogen) atoms. The van der Waals surface area contributed by atoms with Gasteiger partial charge in [-0.1, -0.05) is 0 Å². The quantitative estimate of drug-likeness (QED) is 0.764. The third-order valence-corrected chi connectivity index (χ3v) is 3.59. The van der Waals surface area contributed by atoms with Crippen molar-refractivity contribution in [3.63, 3.8) is 0 Å². The molecule has 2 saturated carbocycles. The molecule has 96 valence electrons. The fraction of sp³-hybridized carbons (Fsp3) is 0.846. The van der Waals surface area contributed by atoms with E-state index in [1.165, 1.54) is 0 Å². The van der Waals surface area contributed by atoms with Crippen molar-refractivity contribution in [1.29, 1.82) is 0 Å². The van der Waals surface area contributed by atoms with Crippen LogP contribution in [0.5, 0.6) is 0 Å². The van der Waals surface area contributed by atoms with Gasteiger partial charge in [-0.3, -0.25) is 4.79 Å². The Morgan fingerprint density at radius 1 is 1.41 bits per heavy atom. The van der Waals surface area contributed by atoms with Gasteiger partial charge in [0.15, 0.2) is 0 Å². The standard InChI is InChI=1S/C13H21NO3/c1-12(2,3)17-11(16)14-9-6-13(7-9)5-4-10(15)8-13/h9H,4-8H2,1-3H3,(H,14,16). The van der Waals surface area contributed by atoms with Gasteiger partial charge in [0.05, 0.1) is 0 Å². The monoisotopic (exact) mass is 239 g/mol. The molecule has 0 saturated heterocycles. The summed E-state index contributed by atoms with van der Waals surface area (Å²) in [5, 5.41) is 2.87. The van der Waals surface area contributed by atoms with Crippen molar-refractivity contribution in [2.45, 2.75) is 64.5 Å². The summed E-state index contributed by atoms with van der Waals surface area (Å²) in [6.45, 7) is 5.56. The van der Waals surface area contributed by atoms with Crippen molar-refractivity contribution in [2.75, 3.05) is 0 Å². The Kier molecular flexibility index (Phi) is 2.92. The average Bonchev–Trinajstić information content (AvgIpc) is 2.43. The molecule has 4 heteroatoms. The number of ketones is 1. The van der Waals surface area contributed by atoms with Crippen LogP contribution in [0.2, 0.25) is 0 Å². The molecule has 0 unspecified atom stereocenters. The predicted octanol–water partition coefficient (Wildman–Crippen LogP) is 2.41. The summed E-state index contributed by atoms with van der Waals surface area (Å²) in [6, 6.07) is 0.191. The highest BCUT2D eigenvalue weighted by Crippen LogP contribution is 2.51. The third kappa shape index (κ3) is 2.99. The molecule has 1 N–H and O–H groups in total. The van der Waals surface area contributed by atoms with Crippen LogP contribution in [0.25, 0.3) is 0 Å². The maximum absolute atomic E-state index is 11.5. The average molecular weight is 239 g/mol. The second-order valence-electron chi connectivity index (χ2n) is 6.47. The number of nitrogens with one attached hydrogen (secondary N) is 1. The summed E-state index contributed by atoms with van der Waals surface area (Å²) in [5.74, 6) is 0.376. The summed E-state index contributed by atoms with van der Waals surface area (Å²) >= 11 is 0. The predicted molar refractivity (Wildman–Crippen MR) is 63.7 cm³/mol. The lowest BCUT2D eigenvalue weighted by molar-refractivity contribution is -0.118. The number of ether oxygens (including phenoxy) is 1. The van der Waals surface area contributed by atoms with Crippen molar-refractivity contribution in [3.05, 3.63) is 0 Å². The number of hydrogen-bond donors (Lipinski definition) is 1. The van der Waals surface area contributed by atoms with Crippen LogP contribution in [0.15, 0.2) is 0 Å². The topological polar surface area (TPSA) is 55.4 Å².